The van der Waals surface area contributed by atoms with E-state index in [0.717, 1.165) is 19.8 Å². The third kappa shape index (κ3) is 2.13. The molecule has 0 N–H and O–H groups in total. The van der Waals surface area contributed by atoms with Crippen LogP contribution in [0.4, 0.5) is 0 Å². The van der Waals surface area contributed by atoms with Gasteiger partial charge in [0.25, 0.3) is 0 Å². The Morgan fingerprint density at radius 1 is 0.625 bits per heavy atom. The van der Waals surface area contributed by atoms with E-state index in [4.69, 9.17) is 14.2 Å². The minimum absolute atomic E-state index is 0.395. The Balaban J connectivity index is 1.70. The van der Waals surface area contributed by atoms with Crippen LogP contribution < -0.4 is 0 Å². The molecule has 3 saturated heterocycles. The fourth-order valence-electron chi connectivity index (χ4n) is 3.44. The average Bonchev–Trinajstić information content (AvgIpc) is 3.02. The molecular weight excluding hydrogens is 204 g/mol. The second kappa shape index (κ2) is 5.03. The second-order valence-corrected chi connectivity index (χ2v) is 5.23. The molecule has 3 atom stereocenters. The topological polar surface area (TPSA) is 27.7 Å². The van der Waals surface area contributed by atoms with E-state index in [1.165, 1.54) is 38.5 Å². The van der Waals surface area contributed by atoms with Crippen LogP contribution in [-0.2, 0) is 14.2 Å². The van der Waals surface area contributed by atoms with Gasteiger partial charge in [-0.05, 0) is 38.5 Å². The SMILES string of the molecule is C1COC(C(C2CCCO2)[C@H]2CCCO2)C1. The van der Waals surface area contributed by atoms with Gasteiger partial charge in [-0.15, -0.1) is 0 Å². The van der Waals surface area contributed by atoms with Gasteiger partial charge in [0.1, 0.15) is 0 Å². The molecule has 16 heavy (non-hydrogen) atoms. The third-order valence-electron chi connectivity index (χ3n) is 4.18. The van der Waals surface area contributed by atoms with Crippen LogP contribution in [0, 0.1) is 5.92 Å². The molecule has 0 saturated carbocycles. The summed E-state index contributed by atoms with van der Waals surface area (Å²) >= 11 is 0. The lowest BCUT2D eigenvalue weighted by Gasteiger charge is -2.32. The zero-order chi connectivity index (χ0) is 10.8. The van der Waals surface area contributed by atoms with Gasteiger partial charge in [-0.25, -0.2) is 0 Å². The molecule has 3 nitrogen and oxygen atoms in total. The Morgan fingerprint density at radius 3 is 1.25 bits per heavy atom. The maximum absolute atomic E-state index is 5.88. The number of rotatable bonds is 3. The molecule has 0 amide bonds. The van der Waals surface area contributed by atoms with Crippen molar-refractivity contribution in [3.63, 3.8) is 0 Å². The summed E-state index contributed by atoms with van der Waals surface area (Å²) in [7, 11) is 0. The summed E-state index contributed by atoms with van der Waals surface area (Å²) in [5.41, 5.74) is 0. The van der Waals surface area contributed by atoms with Crippen LogP contribution in [0.25, 0.3) is 0 Å². The van der Waals surface area contributed by atoms with Crippen molar-refractivity contribution in [3.05, 3.63) is 0 Å². The second-order valence-electron chi connectivity index (χ2n) is 5.23. The predicted octanol–water partition coefficient (Wildman–Crippen LogP) is 2.14. The van der Waals surface area contributed by atoms with Crippen LogP contribution in [0.5, 0.6) is 0 Å². The minimum atomic E-state index is 0.395. The van der Waals surface area contributed by atoms with E-state index >= 15 is 0 Å². The van der Waals surface area contributed by atoms with Crippen molar-refractivity contribution < 1.29 is 14.2 Å². The molecule has 3 aliphatic rings. The molecule has 0 spiro atoms. The largest absolute Gasteiger partial charge is 0.378 e. The summed E-state index contributed by atoms with van der Waals surface area (Å²) in [6.45, 7) is 2.79. The van der Waals surface area contributed by atoms with Gasteiger partial charge >= 0.3 is 0 Å². The zero-order valence-corrected chi connectivity index (χ0v) is 9.90. The average molecular weight is 226 g/mol. The van der Waals surface area contributed by atoms with Gasteiger partial charge in [-0.3, -0.25) is 0 Å². The standard InChI is InChI=1S/C13H22O3/c1-4-10(14-7-1)13(11-5-2-8-15-11)12-6-3-9-16-12/h10-13H,1-9H2/t10-,11?,12?,13?/m1/s1. The van der Waals surface area contributed by atoms with Crippen molar-refractivity contribution in [2.24, 2.45) is 5.92 Å². The first kappa shape index (κ1) is 11.0. The number of hydrogen-bond donors (Lipinski definition) is 0. The summed E-state index contributed by atoms with van der Waals surface area (Å²) in [5, 5.41) is 0. The Labute approximate surface area is 97.4 Å². The maximum Gasteiger partial charge on any atom is 0.0653 e. The number of ether oxygens (including phenoxy) is 3. The summed E-state index contributed by atoms with van der Waals surface area (Å²) < 4.78 is 17.6. The van der Waals surface area contributed by atoms with Gasteiger partial charge in [0.2, 0.25) is 0 Å². The Bertz CT molecular complexity index is 175. The zero-order valence-electron chi connectivity index (χ0n) is 9.90. The summed E-state index contributed by atoms with van der Waals surface area (Å²) in [5.74, 6) is 0.493. The highest BCUT2D eigenvalue weighted by atomic mass is 16.5. The molecule has 3 fully saturated rings. The molecule has 3 rings (SSSR count). The fraction of sp³-hybridized carbons (Fsp3) is 1.00. The normalized spacial score (nSPS) is 41.6. The van der Waals surface area contributed by atoms with Crippen LogP contribution in [0.1, 0.15) is 38.5 Å². The lowest BCUT2D eigenvalue weighted by Crippen LogP contribution is -2.40. The van der Waals surface area contributed by atoms with Gasteiger partial charge in [-0.1, -0.05) is 0 Å². The molecule has 3 aliphatic heterocycles. The molecule has 0 aromatic carbocycles. The first-order chi connectivity index (χ1) is 7.95. The molecule has 3 heteroatoms. The molecule has 0 aliphatic carbocycles. The maximum atomic E-state index is 5.88. The summed E-state index contributed by atoms with van der Waals surface area (Å²) in [6, 6.07) is 0. The molecule has 0 bridgehead atoms. The van der Waals surface area contributed by atoms with Crippen molar-refractivity contribution in [2.45, 2.75) is 56.8 Å². The lowest BCUT2D eigenvalue weighted by molar-refractivity contribution is -0.0795. The van der Waals surface area contributed by atoms with Crippen LogP contribution in [0.2, 0.25) is 0 Å². The molecule has 0 radical (unpaired) electrons. The van der Waals surface area contributed by atoms with Crippen molar-refractivity contribution in [1.29, 1.82) is 0 Å². The Hall–Kier alpha value is -0.120. The quantitative estimate of drug-likeness (QED) is 0.738. The minimum Gasteiger partial charge on any atom is -0.378 e. The van der Waals surface area contributed by atoms with Gasteiger partial charge in [-0.2, -0.15) is 0 Å². The van der Waals surface area contributed by atoms with Crippen LogP contribution in [0.3, 0.4) is 0 Å². The molecule has 2 unspecified atom stereocenters. The molecule has 0 aromatic heterocycles. The Kier molecular flexibility index (Phi) is 3.46. The van der Waals surface area contributed by atoms with Crippen molar-refractivity contribution in [3.8, 4) is 0 Å². The fourth-order valence-corrected chi connectivity index (χ4v) is 3.44. The van der Waals surface area contributed by atoms with Gasteiger partial charge < -0.3 is 14.2 Å². The highest BCUT2D eigenvalue weighted by Gasteiger charge is 2.41. The predicted molar refractivity (Wildman–Crippen MR) is 60.4 cm³/mol. The molecule has 92 valence electrons. The van der Waals surface area contributed by atoms with Gasteiger partial charge in [0.15, 0.2) is 0 Å². The monoisotopic (exact) mass is 226 g/mol. The molecule has 3 heterocycles. The van der Waals surface area contributed by atoms with E-state index in [-0.39, 0.29) is 0 Å². The first-order valence-electron chi connectivity index (χ1n) is 6.80. The molecule has 0 aromatic rings. The van der Waals surface area contributed by atoms with Crippen molar-refractivity contribution in [1.82, 2.24) is 0 Å². The van der Waals surface area contributed by atoms with E-state index in [0.29, 0.717) is 24.2 Å². The van der Waals surface area contributed by atoms with E-state index < -0.39 is 0 Å². The molecular formula is C13H22O3. The highest BCUT2D eigenvalue weighted by molar-refractivity contribution is 4.90. The van der Waals surface area contributed by atoms with Crippen LogP contribution in [-0.4, -0.2) is 38.1 Å². The summed E-state index contributed by atoms with van der Waals surface area (Å²) in [4.78, 5) is 0. The van der Waals surface area contributed by atoms with E-state index in [1.54, 1.807) is 0 Å². The van der Waals surface area contributed by atoms with Crippen LogP contribution in [0.15, 0.2) is 0 Å². The summed E-state index contributed by atoms with van der Waals surface area (Å²) in [6.07, 6.45) is 8.41. The van der Waals surface area contributed by atoms with E-state index in [9.17, 15) is 0 Å². The van der Waals surface area contributed by atoms with Gasteiger partial charge in [0.05, 0.1) is 18.3 Å². The lowest BCUT2D eigenvalue weighted by atomic mass is 9.86. The Morgan fingerprint density at radius 2 is 1.00 bits per heavy atom. The third-order valence-corrected chi connectivity index (χ3v) is 4.18. The van der Waals surface area contributed by atoms with Crippen molar-refractivity contribution >= 4 is 0 Å². The smallest absolute Gasteiger partial charge is 0.0653 e. The first-order valence-corrected chi connectivity index (χ1v) is 6.80. The van der Waals surface area contributed by atoms with E-state index in [1.807, 2.05) is 0 Å². The van der Waals surface area contributed by atoms with E-state index in [2.05, 4.69) is 0 Å². The van der Waals surface area contributed by atoms with Crippen LogP contribution >= 0.6 is 0 Å². The highest BCUT2D eigenvalue weighted by Crippen LogP contribution is 2.36. The van der Waals surface area contributed by atoms with Gasteiger partial charge in [0, 0.05) is 25.7 Å². The van der Waals surface area contributed by atoms with Crippen molar-refractivity contribution in [2.75, 3.05) is 19.8 Å². The number of hydrogen-bond acceptors (Lipinski definition) is 3.